The van der Waals surface area contributed by atoms with Gasteiger partial charge in [0, 0.05) is 31.7 Å². The van der Waals surface area contributed by atoms with Gasteiger partial charge in [-0.25, -0.2) is 8.42 Å². The number of hydrogen-bond acceptors (Lipinski definition) is 4. The lowest BCUT2D eigenvalue weighted by Gasteiger charge is -2.30. The number of carbonyl (C=O) groups is 1. The van der Waals surface area contributed by atoms with Gasteiger partial charge in [-0.05, 0) is 19.9 Å². The summed E-state index contributed by atoms with van der Waals surface area (Å²) in [5.74, 6) is 0.478. The minimum atomic E-state index is -2.90. The van der Waals surface area contributed by atoms with Gasteiger partial charge < -0.3 is 4.90 Å². The fourth-order valence-corrected chi connectivity index (χ4v) is 2.49. The van der Waals surface area contributed by atoms with Crippen molar-refractivity contribution in [1.29, 1.82) is 0 Å². The Hall–Kier alpha value is -0.420. The van der Waals surface area contributed by atoms with Gasteiger partial charge in [-0.3, -0.25) is 4.79 Å². The highest BCUT2D eigenvalue weighted by Gasteiger charge is 2.23. The van der Waals surface area contributed by atoms with Gasteiger partial charge in [0.2, 0.25) is 0 Å². The third-order valence-corrected chi connectivity index (χ3v) is 3.82. The summed E-state index contributed by atoms with van der Waals surface area (Å²) in [5, 5.41) is 0. The number of hydrogen-bond donors (Lipinski definition) is 0. The number of rotatable bonds is 4. The highest BCUT2D eigenvalue weighted by atomic mass is 32.2. The van der Waals surface area contributed by atoms with Crippen LogP contribution < -0.4 is 0 Å². The first-order valence-corrected chi connectivity index (χ1v) is 7.34. The van der Waals surface area contributed by atoms with Gasteiger partial charge in [0.15, 0.2) is 0 Å². The van der Waals surface area contributed by atoms with E-state index in [2.05, 4.69) is 0 Å². The number of nitrogens with zero attached hydrogens (tertiary/aromatic N) is 1. The van der Waals surface area contributed by atoms with E-state index in [1.807, 2.05) is 11.9 Å². The molecule has 0 N–H and O–H groups in total. The first-order chi connectivity index (χ1) is 6.88. The number of sulfone groups is 1. The maximum absolute atomic E-state index is 11.2. The first-order valence-electron chi connectivity index (χ1n) is 5.28. The van der Waals surface area contributed by atoms with E-state index < -0.39 is 9.84 Å². The Kier molecular flexibility index (Phi) is 4.28. The summed E-state index contributed by atoms with van der Waals surface area (Å²) < 4.78 is 22.0. The van der Waals surface area contributed by atoms with Crippen LogP contribution in [0.2, 0.25) is 0 Å². The average molecular weight is 233 g/mol. The van der Waals surface area contributed by atoms with Crippen LogP contribution in [0.1, 0.15) is 25.7 Å². The van der Waals surface area contributed by atoms with Gasteiger partial charge in [0.1, 0.15) is 15.6 Å². The van der Waals surface area contributed by atoms with Crippen molar-refractivity contribution < 1.29 is 13.2 Å². The van der Waals surface area contributed by atoms with E-state index in [1.54, 1.807) is 0 Å². The Labute approximate surface area is 91.6 Å². The maximum Gasteiger partial charge on any atom is 0.148 e. The fraction of sp³-hybridized carbons (Fsp3) is 0.900. The molecule has 88 valence electrons. The molecule has 0 aromatic carbocycles. The smallest absolute Gasteiger partial charge is 0.148 e. The van der Waals surface area contributed by atoms with Crippen molar-refractivity contribution in [2.75, 3.05) is 25.6 Å². The summed E-state index contributed by atoms with van der Waals surface area (Å²) in [4.78, 5) is 13.2. The zero-order valence-corrected chi connectivity index (χ0v) is 10.2. The summed E-state index contributed by atoms with van der Waals surface area (Å²) in [7, 11) is -1.00. The summed E-state index contributed by atoms with van der Waals surface area (Å²) in [6.45, 7) is 0.525. The second kappa shape index (κ2) is 5.07. The minimum Gasteiger partial charge on any atom is -0.302 e. The lowest BCUT2D eigenvalue weighted by molar-refractivity contribution is -0.121. The molecule has 1 rings (SSSR count). The summed E-state index contributed by atoms with van der Waals surface area (Å²) >= 11 is 0. The molecular formula is C10H19NO3S. The third-order valence-electron chi connectivity index (χ3n) is 2.89. The molecule has 1 unspecified atom stereocenters. The van der Waals surface area contributed by atoms with E-state index in [4.69, 9.17) is 0 Å². The van der Waals surface area contributed by atoms with E-state index in [-0.39, 0.29) is 11.8 Å². The molecule has 0 aromatic heterocycles. The van der Waals surface area contributed by atoms with Crippen molar-refractivity contribution in [2.45, 2.75) is 31.7 Å². The lowest BCUT2D eigenvalue weighted by atomic mass is 9.93. The van der Waals surface area contributed by atoms with Gasteiger partial charge in [-0.15, -0.1) is 0 Å². The normalized spacial score (nSPS) is 23.4. The Balaban J connectivity index is 2.39. The van der Waals surface area contributed by atoms with Gasteiger partial charge in [0.05, 0.1) is 5.75 Å². The standard InChI is InChI=1S/C10H19NO3S/c1-11(6-7-15(2,13)14)9-4-3-5-10(12)8-9/h9H,3-8H2,1-2H3. The topological polar surface area (TPSA) is 54.5 Å². The van der Waals surface area contributed by atoms with Crippen LogP contribution in [-0.4, -0.2) is 50.7 Å². The van der Waals surface area contributed by atoms with E-state index in [1.165, 1.54) is 6.26 Å². The largest absolute Gasteiger partial charge is 0.302 e. The number of carbonyl (C=O) groups excluding carboxylic acids is 1. The second-order valence-corrected chi connectivity index (χ2v) is 6.66. The van der Waals surface area contributed by atoms with Crippen LogP contribution in [0, 0.1) is 0 Å². The van der Waals surface area contributed by atoms with Crippen LogP contribution in [0.3, 0.4) is 0 Å². The van der Waals surface area contributed by atoms with Gasteiger partial charge in [-0.2, -0.15) is 0 Å². The SMILES string of the molecule is CN(CCS(C)(=O)=O)C1CCCC(=O)C1. The Morgan fingerprint density at radius 1 is 1.47 bits per heavy atom. The van der Waals surface area contributed by atoms with Crippen molar-refractivity contribution in [1.82, 2.24) is 4.90 Å². The van der Waals surface area contributed by atoms with E-state index in [0.717, 1.165) is 12.8 Å². The van der Waals surface area contributed by atoms with Gasteiger partial charge >= 0.3 is 0 Å². The summed E-state index contributed by atoms with van der Waals surface area (Å²) in [5.41, 5.74) is 0. The molecule has 0 radical (unpaired) electrons. The van der Waals surface area contributed by atoms with Crippen molar-refractivity contribution >= 4 is 15.6 Å². The predicted molar refractivity (Wildman–Crippen MR) is 59.6 cm³/mol. The highest BCUT2D eigenvalue weighted by Crippen LogP contribution is 2.18. The lowest BCUT2D eigenvalue weighted by Crippen LogP contribution is -2.38. The molecule has 1 fully saturated rings. The summed E-state index contributed by atoms with van der Waals surface area (Å²) in [6.07, 6.45) is 4.46. The highest BCUT2D eigenvalue weighted by molar-refractivity contribution is 7.90. The van der Waals surface area contributed by atoms with Crippen LogP contribution in [0.4, 0.5) is 0 Å². The molecule has 0 spiro atoms. The van der Waals surface area contributed by atoms with Gasteiger partial charge in [0.25, 0.3) is 0 Å². The van der Waals surface area contributed by atoms with Crippen LogP contribution >= 0.6 is 0 Å². The Morgan fingerprint density at radius 3 is 2.67 bits per heavy atom. The molecule has 4 nitrogen and oxygen atoms in total. The molecular weight excluding hydrogens is 214 g/mol. The molecule has 0 heterocycles. The third kappa shape index (κ3) is 4.75. The van der Waals surface area contributed by atoms with E-state index in [0.29, 0.717) is 25.2 Å². The van der Waals surface area contributed by atoms with Gasteiger partial charge in [-0.1, -0.05) is 0 Å². The van der Waals surface area contributed by atoms with Crippen molar-refractivity contribution in [3.63, 3.8) is 0 Å². The molecule has 1 saturated carbocycles. The van der Waals surface area contributed by atoms with Crippen LogP contribution in [0.5, 0.6) is 0 Å². The molecule has 1 aliphatic rings. The van der Waals surface area contributed by atoms with Crippen molar-refractivity contribution in [3.8, 4) is 0 Å². The molecule has 1 atom stereocenters. The molecule has 5 heteroatoms. The monoisotopic (exact) mass is 233 g/mol. The van der Waals surface area contributed by atoms with Crippen LogP contribution in [-0.2, 0) is 14.6 Å². The summed E-state index contributed by atoms with van der Waals surface area (Å²) in [6, 6.07) is 0.244. The van der Waals surface area contributed by atoms with E-state index >= 15 is 0 Å². The molecule has 0 aliphatic heterocycles. The molecule has 15 heavy (non-hydrogen) atoms. The van der Waals surface area contributed by atoms with Crippen LogP contribution in [0.25, 0.3) is 0 Å². The Bertz CT molecular complexity index is 324. The molecule has 0 aromatic rings. The second-order valence-electron chi connectivity index (χ2n) is 4.40. The Morgan fingerprint density at radius 2 is 2.13 bits per heavy atom. The molecule has 0 saturated heterocycles. The van der Waals surface area contributed by atoms with Crippen molar-refractivity contribution in [2.24, 2.45) is 0 Å². The predicted octanol–water partition coefficient (Wildman–Crippen LogP) is 0.475. The minimum absolute atomic E-state index is 0.175. The molecule has 1 aliphatic carbocycles. The van der Waals surface area contributed by atoms with Crippen molar-refractivity contribution in [3.05, 3.63) is 0 Å². The zero-order valence-electron chi connectivity index (χ0n) is 9.40. The fourth-order valence-electron chi connectivity index (χ4n) is 1.87. The molecule has 0 amide bonds. The maximum atomic E-state index is 11.2. The number of Topliss-reactive ketones (excluding diaryl/α,β-unsaturated/α-hetero) is 1. The van der Waals surface area contributed by atoms with E-state index in [9.17, 15) is 13.2 Å². The first kappa shape index (κ1) is 12.6. The van der Waals surface area contributed by atoms with Crippen LogP contribution in [0.15, 0.2) is 0 Å². The number of ketones is 1. The quantitative estimate of drug-likeness (QED) is 0.708. The average Bonchev–Trinajstić information content (AvgIpc) is 2.13. The zero-order chi connectivity index (χ0) is 11.5. The molecule has 0 bridgehead atoms.